The summed E-state index contributed by atoms with van der Waals surface area (Å²) >= 11 is 0. The topological polar surface area (TPSA) is 49.8 Å². The van der Waals surface area contributed by atoms with Crippen molar-refractivity contribution in [2.75, 3.05) is 24.6 Å². The van der Waals surface area contributed by atoms with Gasteiger partial charge in [-0.2, -0.15) is 0 Å². The van der Waals surface area contributed by atoms with Crippen LogP contribution in [-0.2, 0) is 6.42 Å². The lowest BCUT2D eigenvalue weighted by atomic mass is 10.0. The molecule has 1 aliphatic heterocycles. The van der Waals surface area contributed by atoms with Crippen LogP contribution in [0.2, 0.25) is 0 Å². The van der Waals surface area contributed by atoms with Crippen molar-refractivity contribution in [2.45, 2.75) is 25.9 Å². The van der Waals surface area contributed by atoms with Gasteiger partial charge in [0.15, 0.2) is 5.78 Å². The van der Waals surface area contributed by atoms with E-state index in [9.17, 15) is 9.90 Å². The molecule has 1 atom stereocenters. The highest BCUT2D eigenvalue weighted by Gasteiger charge is 2.19. The molecule has 4 heteroatoms. The molecule has 0 saturated carbocycles. The van der Waals surface area contributed by atoms with Crippen LogP contribution in [0.1, 0.15) is 29.3 Å². The maximum absolute atomic E-state index is 11.4. The Balaban J connectivity index is 1.58. The Morgan fingerprint density at radius 2 is 2.08 bits per heavy atom. The molecular formula is C20H23NO3. The van der Waals surface area contributed by atoms with E-state index in [4.69, 9.17) is 4.74 Å². The molecule has 2 aromatic carbocycles. The first-order valence-corrected chi connectivity index (χ1v) is 8.38. The van der Waals surface area contributed by atoms with Crippen LogP contribution in [0.15, 0.2) is 48.5 Å². The SMILES string of the molecule is CC(=O)c1cccc(OCC(O)CN2CCCc3ccccc32)c1. The summed E-state index contributed by atoms with van der Waals surface area (Å²) in [5.41, 5.74) is 3.17. The second-order valence-corrected chi connectivity index (χ2v) is 6.23. The number of β-amino-alcohol motifs (C(OH)–C–C–N with tert-alkyl or cyclic N) is 1. The molecule has 1 heterocycles. The Labute approximate surface area is 142 Å². The first kappa shape index (κ1) is 16.5. The van der Waals surface area contributed by atoms with Gasteiger partial charge in [-0.15, -0.1) is 0 Å². The maximum atomic E-state index is 11.4. The minimum Gasteiger partial charge on any atom is -0.491 e. The van der Waals surface area contributed by atoms with E-state index >= 15 is 0 Å². The molecule has 1 unspecified atom stereocenters. The van der Waals surface area contributed by atoms with E-state index in [1.807, 2.05) is 6.07 Å². The molecule has 0 bridgehead atoms. The largest absolute Gasteiger partial charge is 0.491 e. The number of Topliss-reactive ketones (excluding diaryl/α,β-unsaturated/α-hetero) is 1. The van der Waals surface area contributed by atoms with Gasteiger partial charge in [0.05, 0.1) is 0 Å². The summed E-state index contributed by atoms with van der Waals surface area (Å²) in [6, 6.07) is 15.4. The third-order valence-electron chi connectivity index (χ3n) is 4.32. The Morgan fingerprint density at radius 1 is 1.25 bits per heavy atom. The van der Waals surface area contributed by atoms with E-state index in [-0.39, 0.29) is 12.4 Å². The van der Waals surface area contributed by atoms with Crippen molar-refractivity contribution >= 4 is 11.5 Å². The van der Waals surface area contributed by atoms with E-state index in [0.29, 0.717) is 17.9 Å². The number of benzene rings is 2. The summed E-state index contributed by atoms with van der Waals surface area (Å²) in [5, 5.41) is 10.3. The molecular weight excluding hydrogens is 302 g/mol. The molecule has 1 N–H and O–H groups in total. The normalized spacial score (nSPS) is 14.8. The van der Waals surface area contributed by atoms with Crippen LogP contribution in [0.5, 0.6) is 5.75 Å². The van der Waals surface area contributed by atoms with Crippen molar-refractivity contribution < 1.29 is 14.6 Å². The highest BCUT2D eigenvalue weighted by molar-refractivity contribution is 5.94. The van der Waals surface area contributed by atoms with Crippen molar-refractivity contribution in [3.05, 3.63) is 59.7 Å². The quantitative estimate of drug-likeness (QED) is 0.829. The van der Waals surface area contributed by atoms with Crippen LogP contribution in [-0.4, -0.2) is 36.7 Å². The highest BCUT2D eigenvalue weighted by Crippen LogP contribution is 2.26. The molecule has 4 nitrogen and oxygen atoms in total. The van der Waals surface area contributed by atoms with Crippen molar-refractivity contribution in [3.63, 3.8) is 0 Å². The van der Waals surface area contributed by atoms with E-state index in [2.05, 4.69) is 23.1 Å². The van der Waals surface area contributed by atoms with Gasteiger partial charge in [0.1, 0.15) is 18.5 Å². The number of rotatable bonds is 6. The number of carbonyl (C=O) groups excluding carboxylic acids is 1. The number of carbonyl (C=O) groups is 1. The lowest BCUT2D eigenvalue weighted by Gasteiger charge is -2.32. The lowest BCUT2D eigenvalue weighted by Crippen LogP contribution is -2.38. The van der Waals surface area contributed by atoms with Gasteiger partial charge in [-0.3, -0.25) is 4.79 Å². The van der Waals surface area contributed by atoms with Gasteiger partial charge in [0, 0.05) is 24.3 Å². The minimum absolute atomic E-state index is 0.00548. The number of hydrogen-bond donors (Lipinski definition) is 1. The second kappa shape index (κ2) is 7.49. The van der Waals surface area contributed by atoms with Gasteiger partial charge in [-0.1, -0.05) is 30.3 Å². The summed E-state index contributed by atoms with van der Waals surface area (Å²) in [6.07, 6.45) is 1.61. The second-order valence-electron chi connectivity index (χ2n) is 6.23. The van der Waals surface area contributed by atoms with E-state index in [1.54, 1.807) is 24.3 Å². The Hall–Kier alpha value is -2.33. The average Bonchev–Trinajstić information content (AvgIpc) is 2.60. The van der Waals surface area contributed by atoms with Crippen molar-refractivity contribution in [3.8, 4) is 5.75 Å². The third-order valence-corrected chi connectivity index (χ3v) is 4.32. The number of aryl methyl sites for hydroxylation is 1. The van der Waals surface area contributed by atoms with Gasteiger partial charge in [0.25, 0.3) is 0 Å². The maximum Gasteiger partial charge on any atom is 0.159 e. The molecule has 24 heavy (non-hydrogen) atoms. The number of anilines is 1. The fourth-order valence-corrected chi connectivity index (χ4v) is 3.11. The number of para-hydroxylation sites is 1. The fraction of sp³-hybridized carbons (Fsp3) is 0.350. The minimum atomic E-state index is -0.586. The summed E-state index contributed by atoms with van der Waals surface area (Å²) in [4.78, 5) is 13.6. The van der Waals surface area contributed by atoms with Gasteiger partial charge in [0.2, 0.25) is 0 Å². The molecule has 0 spiro atoms. The number of aliphatic hydroxyl groups is 1. The van der Waals surface area contributed by atoms with Gasteiger partial charge >= 0.3 is 0 Å². The van der Waals surface area contributed by atoms with E-state index in [1.165, 1.54) is 18.2 Å². The monoisotopic (exact) mass is 325 g/mol. The molecule has 0 amide bonds. The zero-order chi connectivity index (χ0) is 16.9. The van der Waals surface area contributed by atoms with Gasteiger partial charge in [-0.05, 0) is 43.5 Å². The molecule has 1 aliphatic rings. The molecule has 0 aromatic heterocycles. The van der Waals surface area contributed by atoms with E-state index < -0.39 is 6.10 Å². The Morgan fingerprint density at radius 3 is 2.92 bits per heavy atom. The highest BCUT2D eigenvalue weighted by atomic mass is 16.5. The summed E-state index contributed by atoms with van der Waals surface area (Å²) in [7, 11) is 0. The Kier molecular flexibility index (Phi) is 5.16. The average molecular weight is 325 g/mol. The van der Waals surface area contributed by atoms with Crippen LogP contribution in [0, 0.1) is 0 Å². The first-order chi connectivity index (χ1) is 11.6. The Bertz CT molecular complexity index is 714. The summed E-state index contributed by atoms with van der Waals surface area (Å²) in [5.74, 6) is 0.617. The van der Waals surface area contributed by atoms with E-state index in [0.717, 1.165) is 19.4 Å². The summed E-state index contributed by atoms with van der Waals surface area (Å²) < 4.78 is 5.66. The number of ketones is 1. The zero-order valence-electron chi connectivity index (χ0n) is 13.9. The number of nitrogens with zero attached hydrogens (tertiary/aromatic N) is 1. The number of aliphatic hydroxyl groups excluding tert-OH is 1. The fourth-order valence-electron chi connectivity index (χ4n) is 3.11. The number of hydrogen-bond acceptors (Lipinski definition) is 4. The first-order valence-electron chi connectivity index (χ1n) is 8.38. The zero-order valence-corrected chi connectivity index (χ0v) is 13.9. The smallest absolute Gasteiger partial charge is 0.159 e. The van der Waals surface area contributed by atoms with Crippen LogP contribution in [0.3, 0.4) is 0 Å². The van der Waals surface area contributed by atoms with Crippen LogP contribution in [0.4, 0.5) is 5.69 Å². The molecule has 0 fully saturated rings. The van der Waals surface area contributed by atoms with Crippen LogP contribution in [0.25, 0.3) is 0 Å². The van der Waals surface area contributed by atoms with Crippen LogP contribution < -0.4 is 9.64 Å². The van der Waals surface area contributed by atoms with Crippen molar-refractivity contribution in [2.24, 2.45) is 0 Å². The van der Waals surface area contributed by atoms with Gasteiger partial charge < -0.3 is 14.7 Å². The third kappa shape index (κ3) is 3.95. The van der Waals surface area contributed by atoms with Gasteiger partial charge in [-0.25, -0.2) is 0 Å². The predicted octanol–water partition coefficient (Wildman–Crippen LogP) is 3.08. The molecule has 0 saturated heterocycles. The summed E-state index contributed by atoms with van der Waals surface area (Å²) in [6.45, 7) is 3.24. The molecule has 2 aromatic rings. The molecule has 126 valence electrons. The van der Waals surface area contributed by atoms with Crippen LogP contribution >= 0.6 is 0 Å². The molecule has 0 aliphatic carbocycles. The lowest BCUT2D eigenvalue weighted by molar-refractivity contribution is 0.101. The van der Waals surface area contributed by atoms with Crippen molar-refractivity contribution in [1.29, 1.82) is 0 Å². The van der Waals surface area contributed by atoms with Crippen molar-refractivity contribution in [1.82, 2.24) is 0 Å². The predicted molar refractivity (Wildman–Crippen MR) is 94.9 cm³/mol. The molecule has 0 radical (unpaired) electrons. The molecule has 3 rings (SSSR count). The number of ether oxygens (including phenoxy) is 1. The standard InChI is InChI=1S/C20H23NO3/c1-15(22)17-7-4-9-19(12-17)24-14-18(23)13-21-11-5-8-16-6-2-3-10-20(16)21/h2-4,6-7,9-10,12,18,23H,5,8,11,13-14H2,1H3. The number of fused-ring (bicyclic) bond motifs is 1.